The quantitative estimate of drug-likeness (QED) is 0.300. The fraction of sp³-hybridized carbons (Fsp3) is 0.321. The zero-order chi connectivity index (χ0) is 26.0. The second kappa shape index (κ2) is 10.3. The van der Waals surface area contributed by atoms with Crippen molar-refractivity contribution >= 4 is 17.6 Å². The molecule has 0 saturated carbocycles. The van der Waals surface area contributed by atoms with Crippen LogP contribution in [0.1, 0.15) is 85.1 Å². The molecule has 1 unspecified atom stereocenters. The molecule has 0 spiro atoms. The van der Waals surface area contributed by atoms with Crippen LogP contribution in [0.3, 0.4) is 0 Å². The first-order chi connectivity index (χ1) is 17.1. The monoisotopic (exact) mass is 484 g/mol. The summed E-state index contributed by atoms with van der Waals surface area (Å²) in [5.41, 5.74) is 5.71. The third-order valence-electron chi connectivity index (χ3n) is 6.26. The molecule has 36 heavy (non-hydrogen) atoms. The van der Waals surface area contributed by atoms with Crippen molar-refractivity contribution in [2.45, 2.75) is 59.4 Å². The average molecular weight is 485 g/mol. The lowest BCUT2D eigenvalue weighted by Crippen LogP contribution is -2.10. The van der Waals surface area contributed by atoms with Gasteiger partial charge in [-0.05, 0) is 78.3 Å². The highest BCUT2D eigenvalue weighted by molar-refractivity contribution is 5.89. The highest BCUT2D eigenvalue weighted by Crippen LogP contribution is 2.28. The highest BCUT2D eigenvalue weighted by Gasteiger charge is 2.18. The van der Waals surface area contributed by atoms with E-state index in [0.717, 1.165) is 22.5 Å². The van der Waals surface area contributed by atoms with Gasteiger partial charge in [0.25, 0.3) is 0 Å². The Morgan fingerprint density at radius 2 is 1.69 bits per heavy atom. The molecule has 1 aromatic carbocycles. The number of carboxylic acids is 1. The first-order valence-corrected chi connectivity index (χ1v) is 12.1. The Morgan fingerprint density at radius 3 is 2.39 bits per heavy atom. The summed E-state index contributed by atoms with van der Waals surface area (Å²) in [6, 6.07) is 13.3. The Kier molecular flexibility index (Phi) is 7.15. The molecule has 3 aromatic heterocycles. The Morgan fingerprint density at radius 1 is 0.917 bits per heavy atom. The number of carbonyl (C=O) groups is 1. The molecule has 0 bridgehead atoms. The molecule has 8 heteroatoms. The first kappa shape index (κ1) is 25.0. The van der Waals surface area contributed by atoms with E-state index in [0.29, 0.717) is 28.7 Å². The summed E-state index contributed by atoms with van der Waals surface area (Å²) in [7, 11) is 0. The minimum absolute atomic E-state index is 0.0905. The van der Waals surface area contributed by atoms with Gasteiger partial charge in [-0.25, -0.2) is 19.4 Å². The van der Waals surface area contributed by atoms with Crippen molar-refractivity contribution in [3.8, 4) is 11.4 Å². The van der Waals surface area contributed by atoms with Gasteiger partial charge in [0.15, 0.2) is 0 Å². The lowest BCUT2D eigenvalue weighted by molar-refractivity contribution is 0.0695. The highest BCUT2D eigenvalue weighted by atomic mass is 16.4. The molecule has 0 saturated heterocycles. The summed E-state index contributed by atoms with van der Waals surface area (Å²) in [5.74, 6) is 1.01. The van der Waals surface area contributed by atoms with Gasteiger partial charge in [-0.2, -0.15) is 0 Å². The van der Waals surface area contributed by atoms with Gasteiger partial charge in [0, 0.05) is 6.20 Å². The van der Waals surface area contributed by atoms with E-state index in [2.05, 4.69) is 34.5 Å². The summed E-state index contributed by atoms with van der Waals surface area (Å²) in [6.45, 7) is 12.3. The van der Waals surface area contributed by atoms with E-state index in [4.69, 9.17) is 4.98 Å². The van der Waals surface area contributed by atoms with Crippen LogP contribution in [-0.2, 0) is 0 Å². The number of hydrogen-bond donors (Lipinski definition) is 2. The number of nitrogens with zero attached hydrogens (tertiary/aromatic N) is 5. The lowest BCUT2D eigenvalue weighted by atomic mass is 9.93. The molecule has 1 atom stereocenters. The fourth-order valence-corrected chi connectivity index (χ4v) is 4.12. The van der Waals surface area contributed by atoms with Crippen molar-refractivity contribution < 1.29 is 9.90 Å². The maximum Gasteiger partial charge on any atom is 0.335 e. The van der Waals surface area contributed by atoms with Crippen LogP contribution in [0.25, 0.3) is 11.4 Å². The zero-order valence-electron chi connectivity index (χ0n) is 21.5. The second-order valence-corrected chi connectivity index (χ2v) is 9.74. The maximum atomic E-state index is 11.6. The van der Waals surface area contributed by atoms with E-state index in [1.165, 1.54) is 5.56 Å². The van der Waals surface area contributed by atoms with Crippen molar-refractivity contribution in [2.75, 3.05) is 5.32 Å². The third kappa shape index (κ3) is 5.43. The third-order valence-corrected chi connectivity index (χ3v) is 6.26. The molecule has 0 aliphatic heterocycles. The number of anilines is 2. The van der Waals surface area contributed by atoms with Crippen molar-refractivity contribution in [3.63, 3.8) is 0 Å². The van der Waals surface area contributed by atoms with E-state index in [1.807, 2.05) is 70.3 Å². The standard InChI is InChI=1S/C28H32N6O2/c1-16(2)20-9-10-29-26(14-20)31-27-12-18(5)11-24(30-27)25-15-34(33-32-25)19(6)21-7-8-22(28(35)36)23(13-21)17(3)4/h7-17,19H,1-6H3,(H,35,36)(H,29,30,31). The van der Waals surface area contributed by atoms with Crippen molar-refractivity contribution in [3.05, 3.63) is 82.7 Å². The topological polar surface area (TPSA) is 106 Å². The Hall–Kier alpha value is -4.07. The van der Waals surface area contributed by atoms with E-state index >= 15 is 0 Å². The fourth-order valence-electron chi connectivity index (χ4n) is 4.12. The molecule has 2 N–H and O–H groups in total. The van der Waals surface area contributed by atoms with Crippen molar-refractivity contribution in [2.24, 2.45) is 0 Å². The Bertz CT molecular complexity index is 1390. The number of rotatable bonds is 8. The second-order valence-electron chi connectivity index (χ2n) is 9.74. The van der Waals surface area contributed by atoms with Crippen molar-refractivity contribution in [1.29, 1.82) is 0 Å². The Labute approximate surface area is 211 Å². The van der Waals surface area contributed by atoms with Gasteiger partial charge in [0.2, 0.25) is 0 Å². The average Bonchev–Trinajstić information content (AvgIpc) is 3.33. The van der Waals surface area contributed by atoms with Crippen LogP contribution in [0.2, 0.25) is 0 Å². The summed E-state index contributed by atoms with van der Waals surface area (Å²) in [4.78, 5) is 20.8. The van der Waals surface area contributed by atoms with Crippen LogP contribution in [-0.4, -0.2) is 36.0 Å². The van der Waals surface area contributed by atoms with Gasteiger partial charge in [-0.15, -0.1) is 5.10 Å². The molecular formula is C28H32N6O2. The molecule has 3 heterocycles. The van der Waals surface area contributed by atoms with Gasteiger partial charge >= 0.3 is 5.97 Å². The molecule has 0 fully saturated rings. The van der Waals surface area contributed by atoms with Crippen LogP contribution in [0.5, 0.6) is 0 Å². The van der Waals surface area contributed by atoms with Crippen molar-refractivity contribution in [1.82, 2.24) is 25.0 Å². The van der Waals surface area contributed by atoms with Gasteiger partial charge in [-0.3, -0.25) is 0 Å². The number of nitrogens with one attached hydrogen (secondary N) is 1. The number of carboxylic acid groups (broad SMARTS) is 1. The SMILES string of the molecule is Cc1cc(Nc2cc(C(C)C)ccn2)nc(-c2cn(C(C)c3ccc(C(=O)O)c(C(C)C)c3)nn2)c1. The smallest absolute Gasteiger partial charge is 0.335 e. The molecule has 186 valence electrons. The van der Waals surface area contributed by atoms with E-state index in [-0.39, 0.29) is 12.0 Å². The molecular weight excluding hydrogens is 452 g/mol. The van der Waals surface area contributed by atoms with Crippen LogP contribution in [0.15, 0.2) is 54.9 Å². The van der Waals surface area contributed by atoms with Crippen LogP contribution in [0, 0.1) is 6.92 Å². The summed E-state index contributed by atoms with van der Waals surface area (Å²) < 4.78 is 1.78. The molecule has 8 nitrogen and oxygen atoms in total. The minimum atomic E-state index is -0.915. The number of aromatic nitrogens is 5. The molecule has 0 aliphatic rings. The first-order valence-electron chi connectivity index (χ1n) is 12.1. The number of aryl methyl sites for hydroxylation is 1. The van der Waals surface area contributed by atoms with E-state index in [1.54, 1.807) is 16.9 Å². The summed E-state index contributed by atoms with van der Waals surface area (Å²) in [5, 5.41) is 21.6. The van der Waals surface area contributed by atoms with Gasteiger partial charge in [0.05, 0.1) is 23.5 Å². The molecule has 0 radical (unpaired) electrons. The maximum absolute atomic E-state index is 11.6. The number of benzene rings is 1. The van der Waals surface area contributed by atoms with Crippen LogP contribution >= 0.6 is 0 Å². The minimum Gasteiger partial charge on any atom is -0.478 e. The van der Waals surface area contributed by atoms with Gasteiger partial charge in [-0.1, -0.05) is 45.0 Å². The van der Waals surface area contributed by atoms with Crippen LogP contribution < -0.4 is 5.32 Å². The normalized spacial score (nSPS) is 12.2. The number of pyridine rings is 2. The predicted octanol–water partition coefficient (Wildman–Crippen LogP) is 6.34. The molecule has 0 amide bonds. The van der Waals surface area contributed by atoms with Crippen LogP contribution in [0.4, 0.5) is 11.6 Å². The summed E-state index contributed by atoms with van der Waals surface area (Å²) in [6.07, 6.45) is 3.67. The Balaban J connectivity index is 1.60. The van der Waals surface area contributed by atoms with E-state index < -0.39 is 5.97 Å². The molecule has 0 aliphatic carbocycles. The predicted molar refractivity (Wildman–Crippen MR) is 141 cm³/mol. The zero-order valence-corrected chi connectivity index (χ0v) is 21.5. The van der Waals surface area contributed by atoms with Gasteiger partial charge in [0.1, 0.15) is 17.3 Å². The van der Waals surface area contributed by atoms with Gasteiger partial charge < -0.3 is 10.4 Å². The molecule has 4 rings (SSSR count). The largest absolute Gasteiger partial charge is 0.478 e. The van der Waals surface area contributed by atoms with E-state index in [9.17, 15) is 9.90 Å². The molecule has 4 aromatic rings. The number of aromatic carboxylic acids is 1. The summed E-state index contributed by atoms with van der Waals surface area (Å²) >= 11 is 0. The lowest BCUT2D eigenvalue weighted by Gasteiger charge is -2.16. The number of hydrogen-bond acceptors (Lipinski definition) is 6.